The molecule has 0 aromatic carbocycles. The molecule has 4 heterocycles. The SMILES string of the molecule is C[C@@H](CCn1cccn1)N1CCC(n2nccc2NC(=O)c2cccnc2)CC1. The molecule has 1 fully saturated rings. The van der Waals surface area contributed by atoms with Crippen LogP contribution in [0.1, 0.15) is 42.6 Å². The summed E-state index contributed by atoms with van der Waals surface area (Å²) in [5, 5.41) is 11.7. The molecule has 3 aromatic heterocycles. The number of anilines is 1. The van der Waals surface area contributed by atoms with E-state index in [4.69, 9.17) is 0 Å². The average molecular weight is 393 g/mol. The number of rotatable bonds is 7. The number of aryl methyl sites for hydroxylation is 1. The van der Waals surface area contributed by atoms with Crippen LogP contribution in [0.15, 0.2) is 55.2 Å². The highest BCUT2D eigenvalue weighted by Gasteiger charge is 2.25. The quantitative estimate of drug-likeness (QED) is 0.668. The van der Waals surface area contributed by atoms with Crippen molar-refractivity contribution in [2.45, 2.75) is 44.8 Å². The van der Waals surface area contributed by atoms with Crippen LogP contribution in [-0.2, 0) is 6.54 Å². The van der Waals surface area contributed by atoms with Crippen molar-refractivity contribution in [1.82, 2.24) is 29.4 Å². The average Bonchev–Trinajstić information content (AvgIpc) is 3.45. The van der Waals surface area contributed by atoms with Crippen LogP contribution in [-0.4, -0.2) is 54.5 Å². The third-order valence-corrected chi connectivity index (χ3v) is 5.64. The molecule has 0 bridgehead atoms. The van der Waals surface area contributed by atoms with Crippen molar-refractivity contribution >= 4 is 11.7 Å². The molecule has 29 heavy (non-hydrogen) atoms. The van der Waals surface area contributed by atoms with E-state index in [1.165, 1.54) is 0 Å². The molecule has 0 radical (unpaired) electrons. The first kappa shape index (κ1) is 19.3. The highest BCUT2D eigenvalue weighted by molar-refractivity contribution is 6.03. The Morgan fingerprint density at radius 2 is 2.03 bits per heavy atom. The highest BCUT2D eigenvalue weighted by Crippen LogP contribution is 2.27. The zero-order valence-electron chi connectivity index (χ0n) is 16.7. The van der Waals surface area contributed by atoms with Crippen LogP contribution in [0, 0.1) is 0 Å². The van der Waals surface area contributed by atoms with E-state index in [-0.39, 0.29) is 5.91 Å². The lowest BCUT2D eigenvalue weighted by molar-refractivity contribution is 0.102. The molecule has 3 aromatic rings. The number of nitrogens with one attached hydrogen (secondary N) is 1. The van der Waals surface area contributed by atoms with Crippen LogP contribution in [0.3, 0.4) is 0 Å². The Balaban J connectivity index is 1.31. The molecule has 1 atom stereocenters. The van der Waals surface area contributed by atoms with Gasteiger partial charge in [-0.25, -0.2) is 4.68 Å². The largest absolute Gasteiger partial charge is 0.307 e. The second kappa shape index (κ2) is 9.00. The van der Waals surface area contributed by atoms with Crippen molar-refractivity contribution in [3.63, 3.8) is 0 Å². The summed E-state index contributed by atoms with van der Waals surface area (Å²) in [6, 6.07) is 8.14. The Labute approximate surface area is 170 Å². The lowest BCUT2D eigenvalue weighted by atomic mass is 10.0. The van der Waals surface area contributed by atoms with Gasteiger partial charge in [0.15, 0.2) is 0 Å². The van der Waals surface area contributed by atoms with E-state index in [1.54, 1.807) is 30.7 Å². The van der Waals surface area contributed by atoms with E-state index < -0.39 is 0 Å². The van der Waals surface area contributed by atoms with Crippen molar-refractivity contribution in [2.75, 3.05) is 18.4 Å². The van der Waals surface area contributed by atoms with Gasteiger partial charge in [0.25, 0.3) is 5.91 Å². The maximum Gasteiger partial charge on any atom is 0.258 e. The van der Waals surface area contributed by atoms with Gasteiger partial charge in [0.1, 0.15) is 5.82 Å². The van der Waals surface area contributed by atoms with E-state index in [9.17, 15) is 4.79 Å². The lowest BCUT2D eigenvalue weighted by Gasteiger charge is -2.36. The molecule has 0 spiro atoms. The minimum absolute atomic E-state index is 0.162. The maximum absolute atomic E-state index is 12.5. The van der Waals surface area contributed by atoms with E-state index in [0.717, 1.165) is 44.7 Å². The van der Waals surface area contributed by atoms with Crippen molar-refractivity contribution in [2.24, 2.45) is 0 Å². The van der Waals surface area contributed by atoms with E-state index in [1.807, 2.05) is 33.9 Å². The zero-order chi connectivity index (χ0) is 20.1. The van der Waals surface area contributed by atoms with Crippen LogP contribution in [0.25, 0.3) is 0 Å². The number of hydrogen-bond donors (Lipinski definition) is 1. The van der Waals surface area contributed by atoms with Crippen LogP contribution < -0.4 is 5.32 Å². The predicted octanol–water partition coefficient (Wildman–Crippen LogP) is 2.84. The fourth-order valence-electron chi connectivity index (χ4n) is 3.90. The maximum atomic E-state index is 12.5. The Bertz CT molecular complexity index is 898. The summed E-state index contributed by atoms with van der Waals surface area (Å²) in [4.78, 5) is 19.0. The Kier molecular flexibility index (Phi) is 6.00. The highest BCUT2D eigenvalue weighted by atomic mass is 16.1. The second-order valence-electron chi connectivity index (χ2n) is 7.53. The fraction of sp³-hybridized carbons (Fsp3) is 0.429. The third kappa shape index (κ3) is 4.71. The predicted molar refractivity (Wildman–Crippen MR) is 111 cm³/mol. The summed E-state index contributed by atoms with van der Waals surface area (Å²) in [5.74, 6) is 0.577. The number of amides is 1. The number of hydrogen-bond acceptors (Lipinski definition) is 5. The number of carbonyl (C=O) groups is 1. The smallest absolute Gasteiger partial charge is 0.258 e. The molecule has 8 nitrogen and oxygen atoms in total. The number of nitrogens with zero attached hydrogens (tertiary/aromatic N) is 6. The first-order valence-electron chi connectivity index (χ1n) is 10.2. The number of piperidine rings is 1. The molecule has 1 saturated heterocycles. The third-order valence-electron chi connectivity index (χ3n) is 5.64. The molecule has 1 aliphatic rings. The first-order valence-corrected chi connectivity index (χ1v) is 10.2. The van der Waals surface area contributed by atoms with Gasteiger partial charge in [-0.2, -0.15) is 10.2 Å². The van der Waals surface area contributed by atoms with Crippen molar-refractivity contribution in [1.29, 1.82) is 0 Å². The minimum atomic E-state index is -0.162. The summed E-state index contributed by atoms with van der Waals surface area (Å²) in [5.41, 5.74) is 0.543. The number of aromatic nitrogens is 5. The summed E-state index contributed by atoms with van der Waals surface area (Å²) in [6.07, 6.45) is 11.9. The van der Waals surface area contributed by atoms with Crippen LogP contribution in [0.5, 0.6) is 0 Å². The standard InChI is InChI=1S/C21H27N7O/c1-17(6-15-27-12-3-10-23-27)26-13-7-19(8-14-26)28-20(5-11-24-28)25-21(29)18-4-2-9-22-16-18/h2-5,9-12,16-17,19H,6-8,13-15H2,1H3,(H,25,29)/t17-/m0/s1. The van der Waals surface area contributed by atoms with Crippen LogP contribution in [0.4, 0.5) is 5.82 Å². The molecular weight excluding hydrogens is 366 g/mol. The summed E-state index contributed by atoms with van der Waals surface area (Å²) in [6.45, 7) is 5.29. The Morgan fingerprint density at radius 3 is 2.76 bits per heavy atom. The van der Waals surface area contributed by atoms with Crippen molar-refractivity contribution < 1.29 is 4.79 Å². The van der Waals surface area contributed by atoms with Gasteiger partial charge in [-0.3, -0.25) is 14.5 Å². The molecular formula is C21H27N7O. The second-order valence-corrected chi connectivity index (χ2v) is 7.53. The van der Waals surface area contributed by atoms with Crippen molar-refractivity contribution in [3.05, 3.63) is 60.8 Å². The van der Waals surface area contributed by atoms with Gasteiger partial charge >= 0.3 is 0 Å². The molecule has 152 valence electrons. The van der Waals surface area contributed by atoms with Gasteiger partial charge in [0.05, 0.1) is 17.8 Å². The van der Waals surface area contributed by atoms with Gasteiger partial charge in [-0.1, -0.05) is 0 Å². The van der Waals surface area contributed by atoms with E-state index in [2.05, 4.69) is 32.3 Å². The molecule has 1 amide bonds. The molecule has 4 rings (SSSR count). The van der Waals surface area contributed by atoms with Gasteiger partial charge < -0.3 is 10.2 Å². The molecule has 0 aliphatic carbocycles. The summed E-state index contributed by atoms with van der Waals surface area (Å²) in [7, 11) is 0. The summed E-state index contributed by atoms with van der Waals surface area (Å²) >= 11 is 0. The number of carbonyl (C=O) groups excluding carboxylic acids is 1. The lowest BCUT2D eigenvalue weighted by Crippen LogP contribution is -2.41. The molecule has 1 aliphatic heterocycles. The van der Waals surface area contributed by atoms with E-state index >= 15 is 0 Å². The normalized spacial score (nSPS) is 16.6. The fourth-order valence-corrected chi connectivity index (χ4v) is 3.90. The van der Waals surface area contributed by atoms with Gasteiger partial charge in [0, 0.05) is 56.5 Å². The van der Waals surface area contributed by atoms with Gasteiger partial charge in [0.2, 0.25) is 0 Å². The number of pyridine rings is 1. The minimum Gasteiger partial charge on any atom is -0.307 e. The molecule has 8 heteroatoms. The van der Waals surface area contributed by atoms with Gasteiger partial charge in [-0.15, -0.1) is 0 Å². The Morgan fingerprint density at radius 1 is 1.17 bits per heavy atom. The monoisotopic (exact) mass is 393 g/mol. The van der Waals surface area contributed by atoms with Crippen molar-refractivity contribution in [3.8, 4) is 0 Å². The molecule has 0 saturated carbocycles. The van der Waals surface area contributed by atoms with E-state index in [0.29, 0.717) is 17.6 Å². The van der Waals surface area contributed by atoms with Gasteiger partial charge in [-0.05, 0) is 44.4 Å². The Hall–Kier alpha value is -3.00. The topological polar surface area (TPSA) is 80.9 Å². The van der Waals surface area contributed by atoms with Crippen LogP contribution in [0.2, 0.25) is 0 Å². The zero-order valence-corrected chi connectivity index (χ0v) is 16.7. The van der Waals surface area contributed by atoms with Crippen LogP contribution >= 0.6 is 0 Å². The molecule has 0 unspecified atom stereocenters. The first-order chi connectivity index (χ1) is 14.2. The summed E-state index contributed by atoms with van der Waals surface area (Å²) < 4.78 is 3.95. The molecule has 1 N–H and O–H groups in total. The number of likely N-dealkylation sites (tertiary alicyclic amines) is 1.